The van der Waals surface area contributed by atoms with Gasteiger partial charge in [0.2, 0.25) is 0 Å². The lowest BCUT2D eigenvalue weighted by Crippen LogP contribution is -2.41. The fraction of sp³-hybridized carbons (Fsp3) is 0.318. The largest absolute Gasteiger partial charge is 0.432 e. The highest BCUT2D eigenvalue weighted by atomic mass is 19.1. The maximum atomic E-state index is 13.4. The molecule has 5 rings (SSSR count). The topological polar surface area (TPSA) is 97.5 Å². The summed E-state index contributed by atoms with van der Waals surface area (Å²) in [6.07, 6.45) is 7.44. The summed E-state index contributed by atoms with van der Waals surface area (Å²) >= 11 is 0. The second kappa shape index (κ2) is 8.54. The zero-order chi connectivity index (χ0) is 21.2. The fourth-order valence-electron chi connectivity index (χ4n) is 4.10. The second-order valence-electron chi connectivity index (χ2n) is 7.87. The van der Waals surface area contributed by atoms with Gasteiger partial charge >= 0.3 is 5.84 Å². The van der Waals surface area contributed by atoms with E-state index in [4.69, 9.17) is 15.2 Å². The van der Waals surface area contributed by atoms with Crippen LogP contribution < -0.4 is 11.2 Å². The van der Waals surface area contributed by atoms with Crippen molar-refractivity contribution in [1.82, 2.24) is 29.7 Å². The molecule has 4 heterocycles. The van der Waals surface area contributed by atoms with Crippen LogP contribution in [0.1, 0.15) is 18.7 Å². The van der Waals surface area contributed by atoms with Gasteiger partial charge in [0.1, 0.15) is 29.3 Å². The summed E-state index contributed by atoms with van der Waals surface area (Å²) in [5, 5.41) is 5.20. The highest BCUT2D eigenvalue weighted by molar-refractivity contribution is 5.79. The van der Waals surface area contributed by atoms with E-state index in [1.165, 1.54) is 25.0 Å². The highest BCUT2D eigenvalue weighted by Crippen LogP contribution is 2.32. The summed E-state index contributed by atoms with van der Waals surface area (Å²) < 4.78 is 20.7. The number of nitrogens with zero attached hydrogens (tertiary/aromatic N) is 5. The van der Waals surface area contributed by atoms with E-state index >= 15 is 0 Å². The number of aromatic nitrogens is 4. The molecule has 1 atom stereocenters. The van der Waals surface area contributed by atoms with E-state index in [9.17, 15) is 4.39 Å². The zero-order valence-electron chi connectivity index (χ0n) is 17.0. The molecular formula is C22H24FN7O. The third kappa shape index (κ3) is 4.20. The molecular weight excluding hydrogens is 397 g/mol. The molecule has 8 nitrogen and oxygen atoms in total. The average Bonchev–Trinajstić information content (AvgIpc) is 3.36. The molecule has 0 aliphatic carbocycles. The van der Waals surface area contributed by atoms with Gasteiger partial charge in [0.25, 0.3) is 0 Å². The predicted molar refractivity (Wildman–Crippen MR) is 114 cm³/mol. The van der Waals surface area contributed by atoms with Crippen LogP contribution in [0.15, 0.2) is 53.4 Å². The molecule has 1 fully saturated rings. The molecule has 0 bridgehead atoms. The maximum Gasteiger partial charge on any atom is 0.306 e. The van der Waals surface area contributed by atoms with Gasteiger partial charge in [-0.3, -0.25) is 10.2 Å². The van der Waals surface area contributed by atoms with Gasteiger partial charge in [-0.05, 0) is 62.2 Å². The molecule has 0 saturated carbocycles. The first-order valence-electron chi connectivity index (χ1n) is 10.4. The van der Waals surface area contributed by atoms with Crippen LogP contribution in [0.25, 0.3) is 28.5 Å². The number of halogens is 1. The quantitative estimate of drug-likeness (QED) is 0.365. The molecule has 4 aromatic rings. The number of nitrogens with two attached hydrogens (primary N) is 1. The van der Waals surface area contributed by atoms with E-state index < -0.39 is 0 Å². The van der Waals surface area contributed by atoms with Crippen molar-refractivity contribution >= 4 is 5.84 Å². The van der Waals surface area contributed by atoms with Crippen LogP contribution in [-0.2, 0) is 6.54 Å². The summed E-state index contributed by atoms with van der Waals surface area (Å²) in [5.74, 6) is 7.59. The summed E-state index contributed by atoms with van der Waals surface area (Å²) in [4.78, 5) is 13.8. The third-order valence-corrected chi connectivity index (χ3v) is 5.56. The lowest BCUT2D eigenvalue weighted by atomic mass is 9.99. The zero-order valence-corrected chi connectivity index (χ0v) is 17.0. The van der Waals surface area contributed by atoms with Gasteiger partial charge in [0.15, 0.2) is 0 Å². The SMILES string of the molecule is NN(Cc1nccc(-c2c(-c3ccc(F)cc3)nc3occn23)n1)CC1CCCNC1. The van der Waals surface area contributed by atoms with Crippen LogP contribution in [0.4, 0.5) is 4.39 Å². The van der Waals surface area contributed by atoms with Crippen LogP contribution >= 0.6 is 0 Å². The lowest BCUT2D eigenvalue weighted by Gasteiger charge is -2.26. The molecule has 1 aliphatic rings. The number of nitrogens with one attached hydrogen (secondary N) is 1. The van der Waals surface area contributed by atoms with E-state index in [0.717, 1.165) is 30.9 Å². The summed E-state index contributed by atoms with van der Waals surface area (Å²) in [6, 6.07) is 8.06. The van der Waals surface area contributed by atoms with Crippen molar-refractivity contribution in [2.75, 3.05) is 19.6 Å². The lowest BCUT2D eigenvalue weighted by molar-refractivity contribution is 0.201. The van der Waals surface area contributed by atoms with Gasteiger partial charge in [-0.2, -0.15) is 4.98 Å². The highest BCUT2D eigenvalue weighted by Gasteiger charge is 2.20. The Hall–Kier alpha value is -3.14. The number of imidazole rings is 1. The van der Waals surface area contributed by atoms with Crippen molar-refractivity contribution in [2.45, 2.75) is 19.4 Å². The third-order valence-electron chi connectivity index (χ3n) is 5.56. The molecule has 1 aliphatic heterocycles. The molecule has 3 aromatic heterocycles. The summed E-state index contributed by atoms with van der Waals surface area (Å²) in [5.41, 5.74) is 2.91. The molecule has 160 valence electrons. The molecule has 1 aromatic carbocycles. The molecule has 0 radical (unpaired) electrons. The Morgan fingerprint density at radius 1 is 1.23 bits per heavy atom. The predicted octanol–water partition coefficient (Wildman–Crippen LogP) is 2.87. The molecule has 0 spiro atoms. The van der Waals surface area contributed by atoms with Crippen LogP contribution in [0.2, 0.25) is 0 Å². The summed E-state index contributed by atoms with van der Waals surface area (Å²) in [7, 11) is 0. The van der Waals surface area contributed by atoms with Crippen molar-refractivity contribution in [3.8, 4) is 22.6 Å². The van der Waals surface area contributed by atoms with E-state index in [1.54, 1.807) is 35.8 Å². The molecule has 0 amide bonds. The Kier molecular flexibility index (Phi) is 5.46. The minimum atomic E-state index is -0.297. The maximum absolute atomic E-state index is 13.4. The van der Waals surface area contributed by atoms with E-state index in [1.807, 2.05) is 10.5 Å². The van der Waals surface area contributed by atoms with Gasteiger partial charge in [-0.15, -0.1) is 0 Å². The standard InChI is InChI=1S/C22H24FN7O/c23-17-5-3-16(4-6-17)20-21(30-10-11-31-22(30)28-20)18-7-9-26-19(27-18)14-29(24)13-15-2-1-8-25-12-15/h3-7,9-11,15,25H,1-2,8,12-14,24H2. The number of hydrogen-bond acceptors (Lipinski definition) is 7. The first-order chi connectivity index (χ1) is 15.2. The normalized spacial score (nSPS) is 16.9. The number of oxazole rings is 1. The van der Waals surface area contributed by atoms with Crippen molar-refractivity contribution in [3.05, 3.63) is 60.6 Å². The first kappa shape index (κ1) is 19.8. The summed E-state index contributed by atoms with van der Waals surface area (Å²) in [6.45, 7) is 3.31. The van der Waals surface area contributed by atoms with Gasteiger partial charge in [-0.1, -0.05) is 0 Å². The number of rotatable bonds is 6. The number of hydrogen-bond donors (Lipinski definition) is 2. The van der Waals surface area contributed by atoms with Crippen LogP contribution in [0.3, 0.4) is 0 Å². The van der Waals surface area contributed by atoms with Crippen molar-refractivity contribution in [2.24, 2.45) is 11.8 Å². The van der Waals surface area contributed by atoms with E-state index in [2.05, 4.69) is 15.3 Å². The average molecular weight is 421 g/mol. The van der Waals surface area contributed by atoms with Crippen LogP contribution in [-0.4, -0.2) is 44.0 Å². The molecule has 1 saturated heterocycles. The van der Waals surface area contributed by atoms with Crippen molar-refractivity contribution in [1.29, 1.82) is 0 Å². The Bertz CT molecular complexity index is 1160. The minimum Gasteiger partial charge on any atom is -0.432 e. The first-order valence-corrected chi connectivity index (χ1v) is 10.4. The molecule has 31 heavy (non-hydrogen) atoms. The minimum absolute atomic E-state index is 0.297. The number of fused-ring (bicyclic) bond motifs is 1. The van der Waals surface area contributed by atoms with Crippen molar-refractivity contribution < 1.29 is 8.81 Å². The van der Waals surface area contributed by atoms with Crippen molar-refractivity contribution in [3.63, 3.8) is 0 Å². The molecule has 1 unspecified atom stereocenters. The second-order valence-corrected chi connectivity index (χ2v) is 7.87. The Balaban J connectivity index is 1.44. The number of piperidine rings is 1. The fourth-order valence-corrected chi connectivity index (χ4v) is 4.10. The van der Waals surface area contributed by atoms with E-state index in [-0.39, 0.29) is 5.82 Å². The van der Waals surface area contributed by atoms with Gasteiger partial charge in [0.05, 0.1) is 12.2 Å². The number of benzene rings is 1. The monoisotopic (exact) mass is 421 g/mol. The van der Waals surface area contributed by atoms with Crippen LogP contribution in [0, 0.1) is 11.7 Å². The van der Waals surface area contributed by atoms with Gasteiger partial charge in [-0.25, -0.2) is 19.4 Å². The number of hydrazine groups is 1. The molecule has 3 N–H and O–H groups in total. The van der Waals surface area contributed by atoms with E-state index in [0.29, 0.717) is 35.5 Å². The van der Waals surface area contributed by atoms with Gasteiger partial charge in [0, 0.05) is 24.5 Å². The Morgan fingerprint density at radius 3 is 2.90 bits per heavy atom. The Morgan fingerprint density at radius 2 is 2.10 bits per heavy atom. The Labute approximate surface area is 178 Å². The van der Waals surface area contributed by atoms with Gasteiger partial charge < -0.3 is 9.73 Å². The van der Waals surface area contributed by atoms with Crippen LogP contribution in [0.5, 0.6) is 0 Å². The smallest absolute Gasteiger partial charge is 0.306 e. The molecule has 9 heteroatoms.